The number of alkyl halides is 1. The van der Waals surface area contributed by atoms with E-state index in [1.165, 1.54) is 12.1 Å². The first kappa shape index (κ1) is 16.7. The molecule has 0 aliphatic heterocycles. The second-order valence-corrected chi connectivity index (χ2v) is 7.00. The summed E-state index contributed by atoms with van der Waals surface area (Å²) in [5.74, 6) is -0.716. The Morgan fingerprint density at radius 3 is 2.68 bits per heavy atom. The van der Waals surface area contributed by atoms with E-state index in [-0.39, 0.29) is 16.5 Å². The van der Waals surface area contributed by atoms with E-state index in [0.29, 0.717) is 4.47 Å². The summed E-state index contributed by atoms with van der Waals surface area (Å²) in [6.07, 6.45) is 0. The second kappa shape index (κ2) is 6.90. The van der Waals surface area contributed by atoms with Crippen molar-refractivity contribution in [1.82, 2.24) is 4.72 Å². The standard InChI is InChI=1S/C10H10BrCl2NO4S/c1-18-10(15)8(13)5-14-19(16,17)9-3-2-6(11)4-7(9)12/h2-4,8,14H,5H2,1H3. The average molecular weight is 391 g/mol. The summed E-state index contributed by atoms with van der Waals surface area (Å²) in [6.45, 7) is -0.289. The molecule has 19 heavy (non-hydrogen) atoms. The Labute approximate surface area is 129 Å². The minimum absolute atomic E-state index is 0.0612. The second-order valence-electron chi connectivity index (χ2n) is 3.42. The highest BCUT2D eigenvalue weighted by atomic mass is 79.9. The summed E-state index contributed by atoms with van der Waals surface area (Å²) in [4.78, 5) is 11.0. The molecule has 1 aromatic carbocycles. The number of halogens is 3. The maximum Gasteiger partial charge on any atom is 0.325 e. The number of sulfonamides is 1. The van der Waals surface area contributed by atoms with E-state index in [1.54, 1.807) is 6.07 Å². The zero-order chi connectivity index (χ0) is 14.6. The maximum atomic E-state index is 12.0. The Kier molecular flexibility index (Phi) is 6.07. The van der Waals surface area contributed by atoms with Gasteiger partial charge in [-0.2, -0.15) is 0 Å². The number of ether oxygens (including phenoxy) is 1. The molecule has 1 N–H and O–H groups in total. The molecule has 0 aromatic heterocycles. The molecule has 106 valence electrons. The molecule has 0 saturated heterocycles. The summed E-state index contributed by atoms with van der Waals surface area (Å²) in [6, 6.07) is 4.34. The highest BCUT2D eigenvalue weighted by Crippen LogP contribution is 2.25. The quantitative estimate of drug-likeness (QED) is 0.617. The summed E-state index contributed by atoms with van der Waals surface area (Å²) in [5, 5.41) is -1.04. The van der Waals surface area contributed by atoms with Gasteiger partial charge in [0.2, 0.25) is 10.0 Å². The molecule has 0 aliphatic rings. The number of methoxy groups -OCH3 is 1. The van der Waals surface area contributed by atoms with Crippen LogP contribution < -0.4 is 4.72 Å². The van der Waals surface area contributed by atoms with Gasteiger partial charge in [-0.1, -0.05) is 27.5 Å². The van der Waals surface area contributed by atoms with E-state index in [9.17, 15) is 13.2 Å². The van der Waals surface area contributed by atoms with Gasteiger partial charge in [-0.15, -0.1) is 11.6 Å². The van der Waals surface area contributed by atoms with Gasteiger partial charge >= 0.3 is 5.97 Å². The Morgan fingerprint density at radius 1 is 1.53 bits per heavy atom. The van der Waals surface area contributed by atoms with E-state index >= 15 is 0 Å². The van der Waals surface area contributed by atoms with Crippen molar-refractivity contribution in [3.05, 3.63) is 27.7 Å². The van der Waals surface area contributed by atoms with Gasteiger partial charge in [-0.3, -0.25) is 4.79 Å². The van der Waals surface area contributed by atoms with E-state index in [0.717, 1.165) is 7.11 Å². The van der Waals surface area contributed by atoms with Crippen molar-refractivity contribution in [1.29, 1.82) is 0 Å². The molecule has 1 rings (SSSR count). The van der Waals surface area contributed by atoms with Crippen LogP contribution in [0.25, 0.3) is 0 Å². The molecule has 0 fully saturated rings. The molecule has 0 saturated carbocycles. The van der Waals surface area contributed by atoms with Gasteiger partial charge in [0.25, 0.3) is 0 Å². The van der Waals surface area contributed by atoms with Crippen molar-refractivity contribution < 1.29 is 17.9 Å². The summed E-state index contributed by atoms with van der Waals surface area (Å²) in [5.41, 5.74) is 0. The number of benzene rings is 1. The number of carbonyl (C=O) groups excluding carboxylic acids is 1. The predicted molar refractivity (Wildman–Crippen MR) is 76.0 cm³/mol. The first-order chi connectivity index (χ1) is 8.77. The zero-order valence-electron chi connectivity index (χ0n) is 9.69. The first-order valence-corrected chi connectivity index (χ1v) is 8.03. The smallest absolute Gasteiger partial charge is 0.325 e. The van der Waals surface area contributed by atoms with Crippen LogP contribution in [0.5, 0.6) is 0 Å². The fourth-order valence-corrected chi connectivity index (χ4v) is 3.51. The van der Waals surface area contributed by atoms with E-state index in [4.69, 9.17) is 23.2 Å². The van der Waals surface area contributed by atoms with Crippen LogP contribution in [0.2, 0.25) is 5.02 Å². The monoisotopic (exact) mass is 389 g/mol. The normalized spacial score (nSPS) is 13.1. The molecular weight excluding hydrogens is 381 g/mol. The van der Waals surface area contributed by atoms with Crippen LogP contribution in [0.15, 0.2) is 27.6 Å². The lowest BCUT2D eigenvalue weighted by Crippen LogP contribution is -2.34. The highest BCUT2D eigenvalue weighted by Gasteiger charge is 2.22. The van der Waals surface area contributed by atoms with Gasteiger partial charge in [0.05, 0.1) is 12.1 Å². The van der Waals surface area contributed by atoms with Crippen molar-refractivity contribution in [3.63, 3.8) is 0 Å². The molecule has 0 spiro atoms. The van der Waals surface area contributed by atoms with Crippen LogP contribution in [0.4, 0.5) is 0 Å². The van der Waals surface area contributed by atoms with Crippen LogP contribution in [-0.4, -0.2) is 33.4 Å². The van der Waals surface area contributed by atoms with Crippen LogP contribution in [0.1, 0.15) is 0 Å². The third-order valence-corrected chi connectivity index (χ3v) is 4.83. The fraction of sp³-hybridized carbons (Fsp3) is 0.300. The van der Waals surface area contributed by atoms with Crippen molar-refractivity contribution >= 4 is 55.1 Å². The molecular formula is C10H10BrCl2NO4S. The summed E-state index contributed by atoms with van der Waals surface area (Å²) < 4.78 is 31.1. The van der Waals surface area contributed by atoms with Gasteiger partial charge in [-0.25, -0.2) is 13.1 Å². The minimum Gasteiger partial charge on any atom is -0.468 e. The summed E-state index contributed by atoms with van der Waals surface area (Å²) in [7, 11) is -2.68. The number of nitrogens with one attached hydrogen (secondary N) is 1. The Balaban J connectivity index is 2.85. The molecule has 0 bridgehead atoms. The molecule has 9 heteroatoms. The average Bonchev–Trinajstić information content (AvgIpc) is 2.34. The first-order valence-electron chi connectivity index (χ1n) is 4.94. The molecule has 1 unspecified atom stereocenters. The van der Waals surface area contributed by atoms with Crippen molar-refractivity contribution in [2.45, 2.75) is 10.3 Å². The van der Waals surface area contributed by atoms with Gasteiger partial charge in [0, 0.05) is 11.0 Å². The molecule has 1 aromatic rings. The zero-order valence-corrected chi connectivity index (χ0v) is 13.6. The van der Waals surface area contributed by atoms with Crippen LogP contribution in [0, 0.1) is 0 Å². The molecule has 0 amide bonds. The number of carbonyl (C=O) groups is 1. The topological polar surface area (TPSA) is 72.5 Å². The molecule has 5 nitrogen and oxygen atoms in total. The minimum atomic E-state index is -3.84. The Bertz CT molecular complexity index is 579. The molecule has 1 atom stereocenters. The van der Waals surface area contributed by atoms with Crippen LogP contribution in [0.3, 0.4) is 0 Å². The fourth-order valence-electron chi connectivity index (χ4n) is 1.16. The van der Waals surface area contributed by atoms with Gasteiger partial charge < -0.3 is 4.74 Å². The van der Waals surface area contributed by atoms with Crippen LogP contribution >= 0.6 is 39.1 Å². The predicted octanol–water partition coefficient (Wildman–Crippen LogP) is 2.16. The maximum absolute atomic E-state index is 12.0. The largest absolute Gasteiger partial charge is 0.468 e. The SMILES string of the molecule is COC(=O)C(Cl)CNS(=O)(=O)c1ccc(Br)cc1Cl. The number of rotatable bonds is 5. The highest BCUT2D eigenvalue weighted by molar-refractivity contribution is 9.10. The Hall–Kier alpha value is -0.340. The molecule has 0 heterocycles. The number of hydrogen-bond donors (Lipinski definition) is 1. The van der Waals surface area contributed by atoms with E-state index < -0.39 is 21.4 Å². The van der Waals surface area contributed by atoms with Gasteiger partial charge in [0.1, 0.15) is 10.3 Å². The molecule has 0 radical (unpaired) electrons. The van der Waals surface area contributed by atoms with Crippen molar-refractivity contribution in [2.75, 3.05) is 13.7 Å². The third kappa shape index (κ3) is 4.61. The lowest BCUT2D eigenvalue weighted by atomic mass is 10.4. The van der Waals surface area contributed by atoms with Gasteiger partial charge in [-0.05, 0) is 18.2 Å². The lowest BCUT2D eigenvalue weighted by Gasteiger charge is -2.11. The van der Waals surface area contributed by atoms with Crippen molar-refractivity contribution in [3.8, 4) is 0 Å². The van der Waals surface area contributed by atoms with Gasteiger partial charge in [0.15, 0.2) is 0 Å². The Morgan fingerprint density at radius 2 is 2.16 bits per heavy atom. The van der Waals surface area contributed by atoms with E-state index in [1.807, 2.05) is 0 Å². The third-order valence-electron chi connectivity index (χ3n) is 2.09. The molecule has 0 aliphatic carbocycles. The number of esters is 1. The van der Waals surface area contributed by atoms with Crippen LogP contribution in [-0.2, 0) is 19.6 Å². The van der Waals surface area contributed by atoms with E-state index in [2.05, 4.69) is 25.4 Å². The lowest BCUT2D eigenvalue weighted by molar-refractivity contribution is -0.140. The van der Waals surface area contributed by atoms with Crippen molar-refractivity contribution in [2.24, 2.45) is 0 Å². The number of hydrogen-bond acceptors (Lipinski definition) is 4. The summed E-state index contributed by atoms with van der Waals surface area (Å²) >= 11 is 14.7.